The monoisotopic (exact) mass is 221 g/mol. The van der Waals surface area contributed by atoms with E-state index in [4.69, 9.17) is 17.4 Å². The van der Waals surface area contributed by atoms with Crippen LogP contribution >= 0.6 is 11.6 Å². The molecule has 0 spiro atoms. The molecule has 5 nitrogen and oxygen atoms in total. The van der Waals surface area contributed by atoms with Crippen molar-refractivity contribution < 1.29 is 0 Å². The van der Waals surface area contributed by atoms with E-state index >= 15 is 0 Å². The molecule has 0 aliphatic carbocycles. The highest BCUT2D eigenvalue weighted by atomic mass is 35.5. The molecule has 6 heteroatoms. The Morgan fingerprint density at radius 3 is 2.40 bits per heavy atom. The van der Waals surface area contributed by atoms with Gasteiger partial charge in [-0.2, -0.15) is 0 Å². The number of nitrogens with two attached hydrogens (primary N) is 1. The van der Waals surface area contributed by atoms with E-state index in [1.807, 2.05) is 12.1 Å². The summed E-state index contributed by atoms with van der Waals surface area (Å²) in [6, 6.07) is 7.27. The van der Waals surface area contributed by atoms with Crippen molar-refractivity contribution in [3.63, 3.8) is 0 Å². The number of hydrazine groups is 1. The lowest BCUT2D eigenvalue weighted by atomic mass is 10.2. The molecule has 2 aromatic rings. The third-order valence-electron chi connectivity index (χ3n) is 1.83. The van der Waals surface area contributed by atoms with Crippen LogP contribution in [-0.4, -0.2) is 15.2 Å². The average molecular weight is 222 g/mol. The van der Waals surface area contributed by atoms with Crippen molar-refractivity contribution in [2.75, 3.05) is 5.43 Å². The first kappa shape index (κ1) is 9.82. The van der Waals surface area contributed by atoms with E-state index in [1.165, 1.54) is 0 Å². The molecule has 1 heterocycles. The molecule has 0 saturated heterocycles. The fourth-order valence-corrected chi connectivity index (χ4v) is 1.22. The minimum atomic E-state index is 0.285. The Kier molecular flexibility index (Phi) is 2.75. The second-order valence-electron chi connectivity index (χ2n) is 2.82. The molecule has 1 aromatic carbocycles. The summed E-state index contributed by atoms with van der Waals surface area (Å²) < 4.78 is 0. The van der Waals surface area contributed by atoms with Crippen molar-refractivity contribution >= 4 is 17.5 Å². The van der Waals surface area contributed by atoms with Gasteiger partial charge in [-0.3, -0.25) is 5.43 Å². The van der Waals surface area contributed by atoms with Gasteiger partial charge in [-0.1, -0.05) is 23.7 Å². The zero-order valence-corrected chi connectivity index (χ0v) is 8.44. The van der Waals surface area contributed by atoms with Crippen molar-refractivity contribution in [3.05, 3.63) is 35.5 Å². The maximum Gasteiger partial charge on any atom is 0.256 e. The topological polar surface area (TPSA) is 76.7 Å². The summed E-state index contributed by atoms with van der Waals surface area (Å²) in [7, 11) is 0. The largest absolute Gasteiger partial charge is 0.291 e. The predicted octanol–water partition coefficient (Wildman–Crippen LogP) is 1.48. The van der Waals surface area contributed by atoms with Crippen molar-refractivity contribution in [1.82, 2.24) is 15.2 Å². The summed E-state index contributed by atoms with van der Waals surface area (Å²) >= 11 is 5.77. The van der Waals surface area contributed by atoms with Gasteiger partial charge in [-0.15, -0.1) is 10.2 Å². The van der Waals surface area contributed by atoms with Crippen LogP contribution in [0.5, 0.6) is 0 Å². The van der Waals surface area contributed by atoms with E-state index in [-0.39, 0.29) is 5.95 Å². The molecule has 0 aliphatic rings. The number of hydrogen-bond donors (Lipinski definition) is 2. The maximum atomic E-state index is 5.77. The molecule has 0 amide bonds. The van der Waals surface area contributed by atoms with E-state index in [1.54, 1.807) is 18.3 Å². The number of anilines is 1. The van der Waals surface area contributed by atoms with E-state index in [2.05, 4.69) is 20.6 Å². The first-order chi connectivity index (χ1) is 7.29. The zero-order chi connectivity index (χ0) is 10.7. The van der Waals surface area contributed by atoms with Gasteiger partial charge in [0.25, 0.3) is 5.95 Å². The van der Waals surface area contributed by atoms with Crippen LogP contribution in [0.25, 0.3) is 11.3 Å². The van der Waals surface area contributed by atoms with Crippen LogP contribution in [0.15, 0.2) is 30.5 Å². The minimum absolute atomic E-state index is 0.285. The van der Waals surface area contributed by atoms with Crippen LogP contribution in [0.1, 0.15) is 0 Å². The average Bonchev–Trinajstić information content (AvgIpc) is 2.30. The highest BCUT2D eigenvalue weighted by Crippen LogP contribution is 2.18. The number of nitrogens with zero attached hydrogens (tertiary/aromatic N) is 3. The first-order valence-corrected chi connectivity index (χ1v) is 4.59. The van der Waals surface area contributed by atoms with Crippen LogP contribution in [0.4, 0.5) is 5.95 Å². The second-order valence-corrected chi connectivity index (χ2v) is 3.25. The van der Waals surface area contributed by atoms with Crippen LogP contribution in [0.2, 0.25) is 5.02 Å². The molecule has 1 aromatic heterocycles. The van der Waals surface area contributed by atoms with Gasteiger partial charge in [0.2, 0.25) is 0 Å². The molecule has 0 bridgehead atoms. The Labute approximate surface area is 91.3 Å². The predicted molar refractivity (Wildman–Crippen MR) is 58.1 cm³/mol. The van der Waals surface area contributed by atoms with Gasteiger partial charge in [-0.05, 0) is 12.1 Å². The van der Waals surface area contributed by atoms with Crippen LogP contribution in [-0.2, 0) is 0 Å². The molecule has 76 valence electrons. The third-order valence-corrected chi connectivity index (χ3v) is 2.08. The quantitative estimate of drug-likeness (QED) is 0.593. The fraction of sp³-hybridized carbons (Fsp3) is 0. The summed E-state index contributed by atoms with van der Waals surface area (Å²) in [6.07, 6.45) is 1.59. The van der Waals surface area contributed by atoms with Crippen molar-refractivity contribution in [3.8, 4) is 11.3 Å². The molecule has 3 N–H and O–H groups in total. The highest BCUT2D eigenvalue weighted by molar-refractivity contribution is 6.30. The molecule has 0 atom stereocenters. The molecule has 0 saturated carbocycles. The summed E-state index contributed by atoms with van der Waals surface area (Å²) in [6.45, 7) is 0. The van der Waals surface area contributed by atoms with E-state index < -0.39 is 0 Å². The number of nitrogens with one attached hydrogen (secondary N) is 1. The van der Waals surface area contributed by atoms with Crippen LogP contribution in [0.3, 0.4) is 0 Å². The van der Waals surface area contributed by atoms with Gasteiger partial charge < -0.3 is 0 Å². The normalized spacial score (nSPS) is 10.0. The number of benzene rings is 1. The van der Waals surface area contributed by atoms with Crippen LogP contribution < -0.4 is 11.3 Å². The van der Waals surface area contributed by atoms with Crippen LogP contribution in [0, 0.1) is 0 Å². The smallest absolute Gasteiger partial charge is 0.256 e. The number of rotatable bonds is 2. The summed E-state index contributed by atoms with van der Waals surface area (Å²) in [5.74, 6) is 5.41. The van der Waals surface area contributed by atoms with Gasteiger partial charge >= 0.3 is 0 Å². The zero-order valence-electron chi connectivity index (χ0n) is 7.68. The summed E-state index contributed by atoms with van der Waals surface area (Å²) in [5, 5.41) is 8.40. The van der Waals surface area contributed by atoms with Crippen molar-refractivity contribution in [1.29, 1.82) is 0 Å². The fourth-order valence-electron chi connectivity index (χ4n) is 1.09. The third kappa shape index (κ3) is 2.20. The molecule has 2 rings (SSSR count). The number of hydrogen-bond acceptors (Lipinski definition) is 5. The van der Waals surface area contributed by atoms with E-state index in [0.717, 1.165) is 5.56 Å². The Bertz CT molecular complexity index is 439. The van der Waals surface area contributed by atoms with E-state index in [9.17, 15) is 0 Å². The standard InChI is InChI=1S/C9H8ClN5/c10-7-3-1-6(2-4-7)8-5-12-9(13-11)15-14-8/h1-5H,11H2,(H,12,13,15). The second kappa shape index (κ2) is 4.20. The molecule has 0 aliphatic heterocycles. The SMILES string of the molecule is NNc1ncc(-c2ccc(Cl)cc2)nn1. The molecular formula is C9H8ClN5. The van der Waals surface area contributed by atoms with Crippen molar-refractivity contribution in [2.24, 2.45) is 5.84 Å². The number of aromatic nitrogens is 3. The number of halogens is 1. The molecule has 0 radical (unpaired) electrons. The number of nitrogen functional groups attached to an aromatic ring is 1. The minimum Gasteiger partial charge on any atom is -0.291 e. The summed E-state index contributed by atoms with van der Waals surface area (Å²) in [5.41, 5.74) is 3.89. The lowest BCUT2D eigenvalue weighted by Gasteiger charge is -2.00. The maximum absolute atomic E-state index is 5.77. The van der Waals surface area contributed by atoms with Crippen molar-refractivity contribution in [2.45, 2.75) is 0 Å². The Morgan fingerprint density at radius 1 is 1.13 bits per heavy atom. The highest BCUT2D eigenvalue weighted by Gasteiger charge is 2.00. The Balaban J connectivity index is 2.33. The Morgan fingerprint density at radius 2 is 1.87 bits per heavy atom. The molecular weight excluding hydrogens is 214 g/mol. The lowest BCUT2D eigenvalue weighted by molar-refractivity contribution is 0.968. The lowest BCUT2D eigenvalue weighted by Crippen LogP contribution is -2.11. The Hall–Kier alpha value is -1.72. The first-order valence-electron chi connectivity index (χ1n) is 4.22. The molecule has 0 fully saturated rings. The van der Waals surface area contributed by atoms with Gasteiger partial charge in [0, 0.05) is 10.6 Å². The van der Waals surface area contributed by atoms with E-state index in [0.29, 0.717) is 10.7 Å². The summed E-state index contributed by atoms with van der Waals surface area (Å²) in [4.78, 5) is 3.95. The van der Waals surface area contributed by atoms with Gasteiger partial charge in [0.15, 0.2) is 0 Å². The van der Waals surface area contributed by atoms with Gasteiger partial charge in [0.1, 0.15) is 5.69 Å². The van der Waals surface area contributed by atoms with Gasteiger partial charge in [-0.25, -0.2) is 10.8 Å². The van der Waals surface area contributed by atoms with Gasteiger partial charge in [0.05, 0.1) is 6.20 Å². The molecule has 15 heavy (non-hydrogen) atoms. The molecule has 0 unspecified atom stereocenters.